The van der Waals surface area contributed by atoms with Crippen molar-refractivity contribution in [1.82, 2.24) is 25.4 Å². The van der Waals surface area contributed by atoms with E-state index in [2.05, 4.69) is 25.8 Å². The number of carbonyl (C=O) groups excluding carboxylic acids is 1. The molecular formula is C18H22N6O. The van der Waals surface area contributed by atoms with Crippen molar-refractivity contribution in [1.29, 1.82) is 0 Å². The summed E-state index contributed by atoms with van der Waals surface area (Å²) in [4.78, 5) is 19.0. The van der Waals surface area contributed by atoms with E-state index in [-0.39, 0.29) is 5.91 Å². The topological polar surface area (TPSA) is 85.9 Å². The van der Waals surface area contributed by atoms with Crippen LogP contribution in [0.3, 0.4) is 0 Å². The molecule has 25 heavy (non-hydrogen) atoms. The second-order valence-corrected chi connectivity index (χ2v) is 6.21. The monoisotopic (exact) mass is 338 g/mol. The number of rotatable bonds is 6. The number of hydrogen-bond acceptors (Lipinski definition) is 5. The molecule has 3 rings (SSSR count). The lowest BCUT2D eigenvalue weighted by molar-refractivity contribution is 0.0951. The molecule has 3 aromatic rings. The number of likely N-dealkylation sites (N-methyl/N-ethyl adjacent to an activating group) is 1. The van der Waals surface area contributed by atoms with Gasteiger partial charge in [0.15, 0.2) is 0 Å². The van der Waals surface area contributed by atoms with Crippen LogP contribution in [0.5, 0.6) is 0 Å². The molecule has 0 saturated carbocycles. The van der Waals surface area contributed by atoms with E-state index in [0.29, 0.717) is 17.9 Å². The Kier molecular flexibility index (Phi) is 4.95. The highest BCUT2D eigenvalue weighted by atomic mass is 16.1. The van der Waals surface area contributed by atoms with Crippen molar-refractivity contribution in [3.63, 3.8) is 0 Å². The van der Waals surface area contributed by atoms with Crippen LogP contribution in [0.15, 0.2) is 36.5 Å². The van der Waals surface area contributed by atoms with E-state index >= 15 is 0 Å². The second-order valence-electron chi connectivity index (χ2n) is 6.21. The lowest BCUT2D eigenvalue weighted by atomic mass is 10.2. The van der Waals surface area contributed by atoms with Crippen molar-refractivity contribution in [2.75, 3.05) is 32.5 Å². The van der Waals surface area contributed by atoms with Crippen LogP contribution in [0.1, 0.15) is 16.1 Å². The van der Waals surface area contributed by atoms with Crippen molar-refractivity contribution in [2.24, 2.45) is 0 Å². The van der Waals surface area contributed by atoms with Gasteiger partial charge in [0.1, 0.15) is 5.82 Å². The van der Waals surface area contributed by atoms with Crippen molar-refractivity contribution in [3.8, 4) is 0 Å². The van der Waals surface area contributed by atoms with Gasteiger partial charge in [0.25, 0.3) is 5.91 Å². The number of H-pyrrole nitrogens is 1. The quantitative estimate of drug-likeness (QED) is 0.642. The van der Waals surface area contributed by atoms with E-state index in [1.54, 1.807) is 12.3 Å². The highest BCUT2D eigenvalue weighted by molar-refractivity contribution is 5.99. The molecule has 0 spiro atoms. The Morgan fingerprint density at radius 3 is 2.88 bits per heavy atom. The SMILES string of the molecule is Cc1ccc(C(=O)NCCN(C)C)c(Nc2ccc3cn[nH]c3c2)n1. The minimum atomic E-state index is -0.139. The van der Waals surface area contributed by atoms with Gasteiger partial charge in [-0.2, -0.15) is 5.10 Å². The van der Waals surface area contributed by atoms with Gasteiger partial charge < -0.3 is 15.5 Å². The summed E-state index contributed by atoms with van der Waals surface area (Å²) < 4.78 is 0. The first-order valence-corrected chi connectivity index (χ1v) is 8.13. The summed E-state index contributed by atoms with van der Waals surface area (Å²) >= 11 is 0. The molecule has 0 bridgehead atoms. The molecule has 0 unspecified atom stereocenters. The molecule has 0 aliphatic heterocycles. The highest BCUT2D eigenvalue weighted by Gasteiger charge is 2.13. The first-order chi connectivity index (χ1) is 12.0. The Morgan fingerprint density at radius 2 is 2.08 bits per heavy atom. The maximum atomic E-state index is 12.5. The minimum absolute atomic E-state index is 0.139. The normalized spacial score (nSPS) is 11.0. The van der Waals surface area contributed by atoms with Gasteiger partial charge in [0.2, 0.25) is 0 Å². The fraction of sp³-hybridized carbons (Fsp3) is 0.278. The van der Waals surface area contributed by atoms with Gasteiger partial charge in [-0.3, -0.25) is 9.89 Å². The Hall–Kier alpha value is -2.93. The standard InChI is InChI=1S/C18H22N6O/c1-12-4-7-15(18(25)19-8-9-24(2)3)17(21-12)22-14-6-5-13-11-20-23-16(13)10-14/h4-7,10-11H,8-9H2,1-3H3,(H,19,25)(H,20,23)(H,21,22). The molecule has 0 atom stereocenters. The molecule has 0 aliphatic rings. The molecule has 0 radical (unpaired) electrons. The predicted molar refractivity (Wildman–Crippen MR) is 99.2 cm³/mol. The Balaban J connectivity index is 1.82. The third-order valence-electron chi connectivity index (χ3n) is 3.83. The molecular weight excluding hydrogens is 316 g/mol. The molecule has 7 nitrogen and oxygen atoms in total. The van der Waals surface area contributed by atoms with Crippen LogP contribution >= 0.6 is 0 Å². The predicted octanol–water partition coefficient (Wildman–Crippen LogP) is 2.30. The fourth-order valence-corrected chi connectivity index (χ4v) is 2.48. The maximum absolute atomic E-state index is 12.5. The molecule has 0 saturated heterocycles. The van der Waals surface area contributed by atoms with Crippen LogP contribution in [0.25, 0.3) is 10.9 Å². The van der Waals surface area contributed by atoms with Gasteiger partial charge in [-0.1, -0.05) is 0 Å². The molecule has 1 amide bonds. The molecule has 2 aromatic heterocycles. The van der Waals surface area contributed by atoms with E-state index in [1.165, 1.54) is 0 Å². The van der Waals surface area contributed by atoms with Crippen LogP contribution < -0.4 is 10.6 Å². The average molecular weight is 338 g/mol. The van der Waals surface area contributed by atoms with Crippen molar-refractivity contribution < 1.29 is 4.79 Å². The summed E-state index contributed by atoms with van der Waals surface area (Å²) in [5.41, 5.74) is 3.14. The average Bonchev–Trinajstić information content (AvgIpc) is 3.02. The number of aryl methyl sites for hydroxylation is 1. The summed E-state index contributed by atoms with van der Waals surface area (Å²) in [7, 11) is 3.94. The molecule has 3 N–H and O–H groups in total. The lowest BCUT2D eigenvalue weighted by Gasteiger charge is -2.14. The van der Waals surface area contributed by atoms with Gasteiger partial charge in [-0.25, -0.2) is 4.98 Å². The van der Waals surface area contributed by atoms with Crippen LogP contribution in [-0.2, 0) is 0 Å². The van der Waals surface area contributed by atoms with Gasteiger partial charge >= 0.3 is 0 Å². The van der Waals surface area contributed by atoms with Gasteiger partial charge in [-0.15, -0.1) is 0 Å². The van der Waals surface area contributed by atoms with E-state index in [9.17, 15) is 4.79 Å². The summed E-state index contributed by atoms with van der Waals surface area (Å²) in [6.45, 7) is 3.26. The van der Waals surface area contributed by atoms with E-state index in [0.717, 1.165) is 28.8 Å². The number of carbonyl (C=O) groups is 1. The first kappa shape index (κ1) is 16.9. The van der Waals surface area contributed by atoms with E-state index < -0.39 is 0 Å². The van der Waals surface area contributed by atoms with Crippen LogP contribution in [-0.4, -0.2) is 53.2 Å². The smallest absolute Gasteiger partial charge is 0.255 e. The number of nitrogens with one attached hydrogen (secondary N) is 3. The number of anilines is 2. The Bertz CT molecular complexity index is 886. The number of nitrogens with zero attached hydrogens (tertiary/aromatic N) is 3. The molecule has 2 heterocycles. The third-order valence-corrected chi connectivity index (χ3v) is 3.83. The number of pyridine rings is 1. The largest absolute Gasteiger partial charge is 0.351 e. The minimum Gasteiger partial charge on any atom is -0.351 e. The summed E-state index contributed by atoms with van der Waals surface area (Å²) in [6.07, 6.45) is 1.77. The van der Waals surface area contributed by atoms with Crippen molar-refractivity contribution >= 4 is 28.3 Å². The fourth-order valence-electron chi connectivity index (χ4n) is 2.48. The zero-order chi connectivity index (χ0) is 17.8. The summed E-state index contributed by atoms with van der Waals surface area (Å²) in [6, 6.07) is 9.48. The van der Waals surface area contributed by atoms with Gasteiger partial charge in [0, 0.05) is 29.9 Å². The molecule has 0 aliphatic carbocycles. The molecule has 130 valence electrons. The van der Waals surface area contributed by atoms with E-state index in [4.69, 9.17) is 0 Å². The third kappa shape index (κ3) is 4.13. The summed E-state index contributed by atoms with van der Waals surface area (Å²) in [5, 5.41) is 14.2. The van der Waals surface area contributed by atoms with E-state index in [1.807, 2.05) is 50.2 Å². The molecule has 1 aromatic carbocycles. The zero-order valence-corrected chi connectivity index (χ0v) is 14.6. The van der Waals surface area contributed by atoms with Crippen LogP contribution in [0, 0.1) is 6.92 Å². The maximum Gasteiger partial charge on any atom is 0.255 e. The number of aromatic amines is 1. The second kappa shape index (κ2) is 7.31. The number of fused-ring (bicyclic) bond motifs is 1. The zero-order valence-electron chi connectivity index (χ0n) is 14.6. The van der Waals surface area contributed by atoms with Crippen molar-refractivity contribution in [2.45, 2.75) is 6.92 Å². The first-order valence-electron chi connectivity index (χ1n) is 8.13. The van der Waals surface area contributed by atoms with Gasteiger partial charge in [-0.05, 0) is 51.4 Å². The number of aromatic nitrogens is 3. The lowest BCUT2D eigenvalue weighted by Crippen LogP contribution is -2.31. The Morgan fingerprint density at radius 1 is 1.24 bits per heavy atom. The molecule has 7 heteroatoms. The van der Waals surface area contributed by atoms with Crippen molar-refractivity contribution in [3.05, 3.63) is 47.8 Å². The number of hydrogen-bond donors (Lipinski definition) is 3. The highest BCUT2D eigenvalue weighted by Crippen LogP contribution is 2.22. The number of benzene rings is 1. The van der Waals surface area contributed by atoms with Crippen LogP contribution in [0.4, 0.5) is 11.5 Å². The van der Waals surface area contributed by atoms with Crippen LogP contribution in [0.2, 0.25) is 0 Å². The van der Waals surface area contributed by atoms with Gasteiger partial charge in [0.05, 0.1) is 17.3 Å². The molecule has 0 fully saturated rings. The number of amides is 1. The summed E-state index contributed by atoms with van der Waals surface area (Å²) in [5.74, 6) is 0.403. The Labute approximate surface area is 146 Å².